The van der Waals surface area contributed by atoms with E-state index in [1.54, 1.807) is 24.3 Å². The van der Waals surface area contributed by atoms with E-state index in [-0.39, 0.29) is 24.9 Å². The van der Waals surface area contributed by atoms with E-state index in [4.69, 9.17) is 6.42 Å². The average Bonchev–Trinajstić information content (AvgIpc) is 2.63. The predicted molar refractivity (Wildman–Crippen MR) is 99.1 cm³/mol. The molecular formula is C20H21N3O2. The zero-order valence-electron chi connectivity index (χ0n) is 14.1. The Morgan fingerprint density at radius 2 is 1.88 bits per heavy atom. The summed E-state index contributed by atoms with van der Waals surface area (Å²) in [7, 11) is 0. The fourth-order valence-electron chi connectivity index (χ4n) is 2.32. The van der Waals surface area contributed by atoms with Crippen LogP contribution in [-0.2, 0) is 11.3 Å². The quantitative estimate of drug-likeness (QED) is 0.679. The number of hydrogen-bond acceptors (Lipinski definition) is 3. The lowest BCUT2D eigenvalue weighted by molar-refractivity contribution is -0.119. The van der Waals surface area contributed by atoms with Crippen molar-refractivity contribution in [2.45, 2.75) is 13.5 Å². The lowest BCUT2D eigenvalue weighted by atomic mass is 10.1. The Balaban J connectivity index is 1.89. The summed E-state index contributed by atoms with van der Waals surface area (Å²) in [5.41, 5.74) is 3.23. The summed E-state index contributed by atoms with van der Waals surface area (Å²) in [6.45, 7) is 2.71. The highest BCUT2D eigenvalue weighted by molar-refractivity contribution is 6.00. The molecule has 0 fully saturated rings. The van der Waals surface area contributed by atoms with Gasteiger partial charge in [-0.15, -0.1) is 6.42 Å². The van der Waals surface area contributed by atoms with Crippen LogP contribution in [-0.4, -0.2) is 24.9 Å². The van der Waals surface area contributed by atoms with E-state index in [2.05, 4.69) is 21.9 Å². The Bertz CT molecular complexity index is 794. The zero-order chi connectivity index (χ0) is 18.1. The predicted octanol–water partition coefficient (Wildman–Crippen LogP) is 2.09. The maximum Gasteiger partial charge on any atom is 0.254 e. The summed E-state index contributed by atoms with van der Waals surface area (Å²) < 4.78 is 0. The van der Waals surface area contributed by atoms with Gasteiger partial charge >= 0.3 is 0 Å². The first-order chi connectivity index (χ1) is 12.1. The highest BCUT2D eigenvalue weighted by Crippen LogP contribution is 2.14. The molecule has 0 saturated carbocycles. The summed E-state index contributed by atoms with van der Waals surface area (Å²) >= 11 is 0. The molecule has 5 heteroatoms. The van der Waals surface area contributed by atoms with Gasteiger partial charge in [-0.3, -0.25) is 9.59 Å². The number of hydrogen-bond donors (Lipinski definition) is 3. The Hall–Kier alpha value is -3.26. The van der Waals surface area contributed by atoms with E-state index in [1.165, 1.54) is 0 Å². The van der Waals surface area contributed by atoms with Gasteiger partial charge in [-0.05, 0) is 24.6 Å². The van der Waals surface area contributed by atoms with Crippen LogP contribution in [0.25, 0.3) is 0 Å². The number of terminal acetylenes is 1. The molecule has 0 radical (unpaired) electrons. The van der Waals surface area contributed by atoms with E-state index in [0.29, 0.717) is 17.8 Å². The van der Waals surface area contributed by atoms with Crippen LogP contribution in [0.3, 0.4) is 0 Å². The van der Waals surface area contributed by atoms with Gasteiger partial charge in [0.15, 0.2) is 0 Å². The fraction of sp³-hybridized carbons (Fsp3) is 0.200. The fourth-order valence-corrected chi connectivity index (χ4v) is 2.32. The maximum absolute atomic E-state index is 12.1. The third kappa shape index (κ3) is 5.70. The molecule has 5 nitrogen and oxygen atoms in total. The van der Waals surface area contributed by atoms with Crippen LogP contribution in [0.15, 0.2) is 48.5 Å². The Morgan fingerprint density at radius 1 is 1.08 bits per heavy atom. The van der Waals surface area contributed by atoms with E-state index >= 15 is 0 Å². The maximum atomic E-state index is 12.1. The molecule has 0 atom stereocenters. The number of carbonyl (C=O) groups excluding carboxylic acids is 2. The van der Waals surface area contributed by atoms with Crippen LogP contribution in [0.5, 0.6) is 0 Å². The zero-order valence-corrected chi connectivity index (χ0v) is 14.1. The minimum Gasteiger partial charge on any atom is -0.376 e. The highest BCUT2D eigenvalue weighted by atomic mass is 16.2. The van der Waals surface area contributed by atoms with Crippen molar-refractivity contribution in [2.75, 3.05) is 18.4 Å². The Labute approximate surface area is 147 Å². The molecule has 0 bridgehead atoms. The van der Waals surface area contributed by atoms with Crippen molar-refractivity contribution in [2.24, 2.45) is 0 Å². The summed E-state index contributed by atoms with van der Waals surface area (Å²) in [6.07, 6.45) is 5.15. The minimum absolute atomic E-state index is 0.0747. The largest absolute Gasteiger partial charge is 0.376 e. The summed E-state index contributed by atoms with van der Waals surface area (Å²) in [4.78, 5) is 24.1. The van der Waals surface area contributed by atoms with Crippen LogP contribution in [0, 0.1) is 19.3 Å². The number of carbonyl (C=O) groups is 2. The van der Waals surface area contributed by atoms with Gasteiger partial charge in [-0.2, -0.15) is 0 Å². The number of aryl methyl sites for hydroxylation is 1. The number of rotatable bonds is 7. The lowest BCUT2D eigenvalue weighted by Crippen LogP contribution is -2.30. The van der Waals surface area contributed by atoms with Gasteiger partial charge in [0, 0.05) is 12.2 Å². The second-order valence-corrected chi connectivity index (χ2v) is 5.55. The topological polar surface area (TPSA) is 70.2 Å². The third-order valence-electron chi connectivity index (χ3n) is 3.53. The van der Waals surface area contributed by atoms with Gasteiger partial charge in [0.2, 0.25) is 5.91 Å². The third-order valence-corrected chi connectivity index (χ3v) is 3.53. The van der Waals surface area contributed by atoms with Gasteiger partial charge in [-0.25, -0.2) is 0 Å². The van der Waals surface area contributed by atoms with Crippen molar-refractivity contribution in [3.8, 4) is 12.3 Å². The molecular weight excluding hydrogens is 314 g/mol. The van der Waals surface area contributed by atoms with Gasteiger partial charge in [0.05, 0.1) is 18.7 Å². The molecule has 0 heterocycles. The molecule has 128 valence electrons. The van der Waals surface area contributed by atoms with Crippen molar-refractivity contribution < 1.29 is 9.59 Å². The number of nitrogens with one attached hydrogen (secondary N) is 3. The molecule has 0 aliphatic carbocycles. The molecule has 0 aliphatic rings. The smallest absolute Gasteiger partial charge is 0.254 e. The summed E-state index contributed by atoms with van der Waals surface area (Å²) in [5, 5.41) is 8.46. The van der Waals surface area contributed by atoms with Crippen molar-refractivity contribution in [3.05, 3.63) is 65.2 Å². The van der Waals surface area contributed by atoms with Crippen LogP contribution < -0.4 is 16.0 Å². The first-order valence-electron chi connectivity index (χ1n) is 7.97. The van der Waals surface area contributed by atoms with E-state index < -0.39 is 0 Å². The monoisotopic (exact) mass is 335 g/mol. The van der Waals surface area contributed by atoms with Crippen molar-refractivity contribution >= 4 is 17.5 Å². The first kappa shape index (κ1) is 18.1. The van der Waals surface area contributed by atoms with Crippen LogP contribution >= 0.6 is 0 Å². The lowest BCUT2D eigenvalue weighted by Gasteiger charge is -2.12. The van der Waals surface area contributed by atoms with Gasteiger partial charge in [0.25, 0.3) is 5.91 Å². The summed E-state index contributed by atoms with van der Waals surface area (Å²) in [5.74, 6) is 1.93. The Morgan fingerprint density at radius 3 is 2.64 bits per heavy atom. The molecule has 3 N–H and O–H groups in total. The van der Waals surface area contributed by atoms with E-state index in [9.17, 15) is 9.59 Å². The molecule has 0 aliphatic heterocycles. The molecule has 25 heavy (non-hydrogen) atoms. The van der Waals surface area contributed by atoms with Crippen molar-refractivity contribution in [3.63, 3.8) is 0 Å². The minimum atomic E-state index is -0.277. The van der Waals surface area contributed by atoms with Gasteiger partial charge in [-0.1, -0.05) is 47.9 Å². The number of para-hydroxylation sites is 1. The van der Waals surface area contributed by atoms with Gasteiger partial charge in [0.1, 0.15) is 0 Å². The van der Waals surface area contributed by atoms with E-state index in [1.807, 2.05) is 31.2 Å². The number of benzene rings is 2. The van der Waals surface area contributed by atoms with Crippen molar-refractivity contribution in [1.82, 2.24) is 10.6 Å². The second kappa shape index (κ2) is 9.14. The van der Waals surface area contributed by atoms with Crippen LogP contribution in [0.1, 0.15) is 21.5 Å². The Kier molecular flexibility index (Phi) is 6.61. The molecule has 0 saturated heterocycles. The first-order valence-corrected chi connectivity index (χ1v) is 7.97. The molecule has 0 spiro atoms. The molecule has 2 amide bonds. The molecule has 2 aromatic rings. The standard InChI is InChI=1S/C20H21N3O2/c1-3-11-21-20(25)17-9-4-5-10-18(17)22-14-19(24)23-13-16-8-6-7-15(2)12-16/h1,4-10,12,22H,11,13-14H2,2H3,(H,21,25)(H,23,24). The second-order valence-electron chi connectivity index (χ2n) is 5.55. The average molecular weight is 335 g/mol. The highest BCUT2D eigenvalue weighted by Gasteiger charge is 2.11. The summed E-state index contributed by atoms with van der Waals surface area (Å²) in [6, 6.07) is 14.9. The van der Waals surface area contributed by atoms with Crippen molar-refractivity contribution in [1.29, 1.82) is 0 Å². The van der Waals surface area contributed by atoms with E-state index in [0.717, 1.165) is 11.1 Å². The van der Waals surface area contributed by atoms with Crippen LogP contribution in [0.4, 0.5) is 5.69 Å². The van der Waals surface area contributed by atoms with Crippen LogP contribution in [0.2, 0.25) is 0 Å². The molecule has 2 aromatic carbocycles. The normalized spacial score (nSPS) is 9.76. The number of anilines is 1. The molecule has 2 rings (SSSR count). The number of amides is 2. The molecule has 0 aromatic heterocycles. The molecule has 0 unspecified atom stereocenters. The van der Waals surface area contributed by atoms with Gasteiger partial charge < -0.3 is 16.0 Å². The SMILES string of the molecule is C#CCNC(=O)c1ccccc1NCC(=O)NCc1cccc(C)c1.